The fourth-order valence-electron chi connectivity index (χ4n) is 1.41. The van der Waals surface area contributed by atoms with E-state index in [0.29, 0.717) is 16.3 Å². The Bertz CT molecular complexity index is 410. The lowest BCUT2D eigenvalue weighted by molar-refractivity contribution is -0.175. The fourth-order valence-corrected chi connectivity index (χ4v) is 1.59. The molecular formula is C12H15ClF3NO2. The minimum Gasteiger partial charge on any atom is -0.491 e. The predicted octanol–water partition coefficient (Wildman–Crippen LogP) is 3.32. The number of ether oxygens (including phenoxy) is 2. The third-order valence-corrected chi connectivity index (χ3v) is 2.45. The molecule has 0 fully saturated rings. The van der Waals surface area contributed by atoms with Crippen LogP contribution in [0.2, 0.25) is 5.02 Å². The molecule has 1 aromatic carbocycles. The number of hydrogen-bond donors (Lipinski definition) is 1. The number of hydrogen-bond acceptors (Lipinski definition) is 3. The van der Waals surface area contributed by atoms with Crippen molar-refractivity contribution in [1.82, 2.24) is 0 Å². The van der Waals surface area contributed by atoms with Crippen molar-refractivity contribution in [3.63, 3.8) is 0 Å². The Kier molecular flexibility index (Phi) is 5.90. The van der Waals surface area contributed by atoms with E-state index in [1.165, 1.54) is 0 Å². The average molecular weight is 298 g/mol. The molecule has 1 rings (SSSR count). The van der Waals surface area contributed by atoms with E-state index in [2.05, 4.69) is 4.74 Å². The lowest BCUT2D eigenvalue weighted by atomic mass is 10.1. The summed E-state index contributed by atoms with van der Waals surface area (Å²) >= 11 is 5.83. The van der Waals surface area contributed by atoms with Gasteiger partial charge in [0.2, 0.25) is 0 Å². The van der Waals surface area contributed by atoms with Crippen molar-refractivity contribution in [1.29, 1.82) is 0 Å². The number of alkyl halides is 3. The number of halogens is 4. The van der Waals surface area contributed by atoms with Gasteiger partial charge in [0.25, 0.3) is 0 Å². The Balaban J connectivity index is 2.45. The number of benzene rings is 1. The average Bonchev–Trinajstić information content (AvgIpc) is 2.28. The van der Waals surface area contributed by atoms with Gasteiger partial charge in [-0.1, -0.05) is 11.6 Å². The van der Waals surface area contributed by atoms with Crippen LogP contribution in [0.15, 0.2) is 18.2 Å². The van der Waals surface area contributed by atoms with Crippen LogP contribution in [0.3, 0.4) is 0 Å². The smallest absolute Gasteiger partial charge is 0.411 e. The van der Waals surface area contributed by atoms with Gasteiger partial charge in [-0.05, 0) is 25.1 Å². The summed E-state index contributed by atoms with van der Waals surface area (Å²) in [4.78, 5) is 0. The Morgan fingerprint density at radius 2 is 2.00 bits per heavy atom. The lowest BCUT2D eigenvalue weighted by Gasteiger charge is -2.14. The van der Waals surface area contributed by atoms with Crippen LogP contribution >= 0.6 is 11.6 Å². The summed E-state index contributed by atoms with van der Waals surface area (Å²) in [6.07, 6.45) is -4.32. The van der Waals surface area contributed by atoms with E-state index < -0.39 is 12.8 Å². The zero-order valence-electron chi connectivity index (χ0n) is 10.3. The topological polar surface area (TPSA) is 44.5 Å². The van der Waals surface area contributed by atoms with Crippen LogP contribution in [0.4, 0.5) is 13.2 Å². The van der Waals surface area contributed by atoms with E-state index >= 15 is 0 Å². The third kappa shape index (κ3) is 6.13. The van der Waals surface area contributed by atoms with Crippen LogP contribution in [0.1, 0.15) is 18.5 Å². The molecule has 108 valence electrons. The summed E-state index contributed by atoms with van der Waals surface area (Å²) in [5.41, 5.74) is 6.45. The van der Waals surface area contributed by atoms with E-state index in [4.69, 9.17) is 22.1 Å². The monoisotopic (exact) mass is 297 g/mol. The van der Waals surface area contributed by atoms with Crippen LogP contribution in [0, 0.1) is 0 Å². The van der Waals surface area contributed by atoms with Gasteiger partial charge in [0.15, 0.2) is 0 Å². The van der Waals surface area contributed by atoms with Crippen molar-refractivity contribution in [2.24, 2.45) is 5.73 Å². The highest BCUT2D eigenvalue weighted by Gasteiger charge is 2.27. The second kappa shape index (κ2) is 6.98. The summed E-state index contributed by atoms with van der Waals surface area (Å²) in [5.74, 6) is 0.495. The van der Waals surface area contributed by atoms with Gasteiger partial charge in [-0.15, -0.1) is 0 Å². The molecule has 19 heavy (non-hydrogen) atoms. The minimum absolute atomic E-state index is 0.0113. The zero-order chi connectivity index (χ0) is 14.5. The highest BCUT2D eigenvalue weighted by atomic mass is 35.5. The van der Waals surface area contributed by atoms with E-state index in [1.54, 1.807) is 25.1 Å². The van der Waals surface area contributed by atoms with E-state index in [0.717, 1.165) is 0 Å². The standard InChI is InChI=1S/C12H15ClF3NO2/c1-8(17)10-6-9(13)2-3-11(10)19-5-4-18-7-12(14,15)16/h2-3,6,8H,4-5,7,17H2,1H3. The maximum absolute atomic E-state index is 11.8. The van der Waals surface area contributed by atoms with Crippen molar-refractivity contribution in [2.45, 2.75) is 19.1 Å². The molecule has 0 amide bonds. The minimum atomic E-state index is -4.32. The molecule has 0 aliphatic rings. The normalized spacial score (nSPS) is 13.4. The molecule has 0 spiro atoms. The third-order valence-electron chi connectivity index (χ3n) is 2.21. The molecule has 1 aromatic rings. The maximum atomic E-state index is 11.8. The lowest BCUT2D eigenvalue weighted by Crippen LogP contribution is -2.19. The molecule has 1 atom stereocenters. The molecule has 2 N–H and O–H groups in total. The first-order valence-electron chi connectivity index (χ1n) is 5.62. The van der Waals surface area contributed by atoms with Crippen LogP contribution in [-0.2, 0) is 4.74 Å². The van der Waals surface area contributed by atoms with Gasteiger partial charge in [0.05, 0.1) is 6.61 Å². The molecule has 0 aliphatic heterocycles. The summed E-state index contributed by atoms with van der Waals surface area (Å²) in [6.45, 7) is 0.341. The Morgan fingerprint density at radius 3 is 2.58 bits per heavy atom. The molecular weight excluding hydrogens is 283 g/mol. The van der Waals surface area contributed by atoms with E-state index in [-0.39, 0.29) is 19.3 Å². The maximum Gasteiger partial charge on any atom is 0.411 e. The summed E-state index contributed by atoms with van der Waals surface area (Å²) in [7, 11) is 0. The first kappa shape index (κ1) is 16.1. The zero-order valence-corrected chi connectivity index (χ0v) is 11.1. The Hall–Kier alpha value is -0.980. The van der Waals surface area contributed by atoms with Crippen molar-refractivity contribution in [3.05, 3.63) is 28.8 Å². The van der Waals surface area contributed by atoms with Gasteiger partial charge in [0, 0.05) is 16.6 Å². The van der Waals surface area contributed by atoms with E-state index in [1.807, 2.05) is 0 Å². The summed E-state index contributed by atoms with van der Waals surface area (Å²) in [5, 5.41) is 0.521. The molecule has 0 aromatic heterocycles. The summed E-state index contributed by atoms with van der Waals surface area (Å²) < 4.78 is 45.2. The number of nitrogens with two attached hydrogens (primary N) is 1. The quantitative estimate of drug-likeness (QED) is 0.819. The Morgan fingerprint density at radius 1 is 1.32 bits per heavy atom. The molecule has 0 radical (unpaired) electrons. The summed E-state index contributed by atoms with van der Waals surface area (Å²) in [6, 6.07) is 4.63. The van der Waals surface area contributed by atoms with Gasteiger partial charge in [-0.2, -0.15) is 13.2 Å². The van der Waals surface area contributed by atoms with Gasteiger partial charge in [-0.25, -0.2) is 0 Å². The molecule has 0 aliphatic carbocycles. The van der Waals surface area contributed by atoms with Crippen LogP contribution in [0.25, 0.3) is 0 Å². The highest BCUT2D eigenvalue weighted by Crippen LogP contribution is 2.27. The van der Waals surface area contributed by atoms with Crippen molar-refractivity contribution in [3.8, 4) is 5.75 Å². The molecule has 0 saturated heterocycles. The molecule has 3 nitrogen and oxygen atoms in total. The van der Waals surface area contributed by atoms with Crippen molar-refractivity contribution < 1.29 is 22.6 Å². The molecule has 7 heteroatoms. The predicted molar refractivity (Wildman–Crippen MR) is 66.4 cm³/mol. The largest absolute Gasteiger partial charge is 0.491 e. The molecule has 0 bridgehead atoms. The fraction of sp³-hybridized carbons (Fsp3) is 0.500. The van der Waals surface area contributed by atoms with Crippen LogP contribution in [0.5, 0.6) is 5.75 Å². The molecule has 1 unspecified atom stereocenters. The second-order valence-corrected chi connectivity index (χ2v) is 4.42. The Labute approximate surface area is 114 Å². The van der Waals surface area contributed by atoms with Gasteiger partial charge >= 0.3 is 6.18 Å². The van der Waals surface area contributed by atoms with Gasteiger partial charge < -0.3 is 15.2 Å². The van der Waals surface area contributed by atoms with Gasteiger partial charge in [0.1, 0.15) is 19.0 Å². The van der Waals surface area contributed by atoms with Crippen LogP contribution in [-0.4, -0.2) is 26.0 Å². The second-order valence-electron chi connectivity index (χ2n) is 3.99. The van der Waals surface area contributed by atoms with Crippen LogP contribution < -0.4 is 10.5 Å². The number of rotatable bonds is 6. The first-order chi connectivity index (χ1) is 8.79. The van der Waals surface area contributed by atoms with Crippen molar-refractivity contribution in [2.75, 3.05) is 19.8 Å². The van der Waals surface area contributed by atoms with E-state index in [9.17, 15) is 13.2 Å². The van der Waals surface area contributed by atoms with Gasteiger partial charge in [-0.3, -0.25) is 0 Å². The molecule has 0 heterocycles. The highest BCUT2D eigenvalue weighted by molar-refractivity contribution is 6.30. The molecule has 0 saturated carbocycles. The first-order valence-corrected chi connectivity index (χ1v) is 5.99. The van der Waals surface area contributed by atoms with Crippen molar-refractivity contribution >= 4 is 11.6 Å². The SMILES string of the molecule is CC(N)c1cc(Cl)ccc1OCCOCC(F)(F)F.